The highest BCUT2D eigenvalue weighted by Crippen LogP contribution is 2.09. The number of hydrogen-bond donors (Lipinski definition) is 2. The maximum Gasteiger partial charge on any atom is 0.226 e. The van der Waals surface area contributed by atoms with Crippen LogP contribution in [-0.2, 0) is 11.3 Å². The van der Waals surface area contributed by atoms with Gasteiger partial charge in [0.05, 0.1) is 24.8 Å². The van der Waals surface area contributed by atoms with Crippen LogP contribution in [0.1, 0.15) is 19.5 Å². The molecule has 1 rings (SSSR count). The Hall–Kier alpha value is -1.42. The van der Waals surface area contributed by atoms with Gasteiger partial charge in [0.1, 0.15) is 0 Å². The smallest absolute Gasteiger partial charge is 0.226 e. The zero-order chi connectivity index (χ0) is 12.0. The van der Waals surface area contributed by atoms with Gasteiger partial charge in [0.2, 0.25) is 5.91 Å². The Morgan fingerprint density at radius 2 is 2.25 bits per heavy atom. The third-order valence-corrected chi connectivity index (χ3v) is 2.51. The molecule has 1 atom stereocenters. The van der Waals surface area contributed by atoms with Crippen molar-refractivity contribution in [2.45, 2.75) is 20.4 Å². The molecule has 0 saturated carbocycles. The van der Waals surface area contributed by atoms with Crippen LogP contribution < -0.4 is 5.32 Å². The number of aromatic nitrogens is 1. The van der Waals surface area contributed by atoms with Crippen molar-refractivity contribution in [3.63, 3.8) is 0 Å². The Labute approximate surface area is 95.7 Å². The average molecular weight is 222 g/mol. The first-order chi connectivity index (χ1) is 7.65. The highest BCUT2D eigenvalue weighted by molar-refractivity contribution is 5.78. The molecule has 0 saturated heterocycles. The van der Waals surface area contributed by atoms with Gasteiger partial charge in [-0.05, 0) is 18.1 Å². The van der Waals surface area contributed by atoms with Gasteiger partial charge in [-0.2, -0.15) is 0 Å². The van der Waals surface area contributed by atoms with Crippen molar-refractivity contribution < 1.29 is 9.90 Å². The van der Waals surface area contributed by atoms with E-state index in [1.54, 1.807) is 6.20 Å². The van der Waals surface area contributed by atoms with E-state index < -0.39 is 0 Å². The van der Waals surface area contributed by atoms with Gasteiger partial charge in [-0.15, -0.1) is 0 Å². The number of amides is 1. The average Bonchev–Trinajstić information content (AvgIpc) is 2.28. The molecule has 0 aromatic carbocycles. The molecule has 4 heteroatoms. The molecule has 0 fully saturated rings. The SMILES string of the molecule is CC(C)C(CO)C(=O)NCc1ccccn1. The number of carbonyl (C=O) groups is 1. The molecule has 16 heavy (non-hydrogen) atoms. The minimum Gasteiger partial charge on any atom is -0.396 e. The van der Waals surface area contributed by atoms with Gasteiger partial charge in [0.25, 0.3) is 0 Å². The molecule has 0 aliphatic heterocycles. The normalized spacial score (nSPS) is 12.5. The van der Waals surface area contributed by atoms with Gasteiger partial charge >= 0.3 is 0 Å². The van der Waals surface area contributed by atoms with Crippen molar-refractivity contribution in [1.82, 2.24) is 10.3 Å². The molecule has 0 aliphatic rings. The van der Waals surface area contributed by atoms with Gasteiger partial charge in [0, 0.05) is 6.20 Å². The molecule has 4 nitrogen and oxygen atoms in total. The first kappa shape index (κ1) is 12.6. The van der Waals surface area contributed by atoms with Crippen LogP contribution in [0.3, 0.4) is 0 Å². The second-order valence-electron chi connectivity index (χ2n) is 4.07. The molecular formula is C12H18N2O2. The van der Waals surface area contributed by atoms with Crippen molar-refractivity contribution in [3.05, 3.63) is 30.1 Å². The molecule has 1 aromatic heterocycles. The van der Waals surface area contributed by atoms with E-state index in [-0.39, 0.29) is 24.3 Å². The molecule has 0 spiro atoms. The van der Waals surface area contributed by atoms with E-state index in [0.29, 0.717) is 6.54 Å². The largest absolute Gasteiger partial charge is 0.396 e. The summed E-state index contributed by atoms with van der Waals surface area (Å²) >= 11 is 0. The van der Waals surface area contributed by atoms with Crippen LogP contribution in [0, 0.1) is 11.8 Å². The Morgan fingerprint density at radius 1 is 1.50 bits per heavy atom. The van der Waals surface area contributed by atoms with Gasteiger partial charge in [0.15, 0.2) is 0 Å². The molecule has 0 radical (unpaired) electrons. The van der Waals surface area contributed by atoms with Crippen molar-refractivity contribution in [1.29, 1.82) is 0 Å². The summed E-state index contributed by atoms with van der Waals surface area (Å²) in [5.41, 5.74) is 0.816. The predicted octanol–water partition coefficient (Wildman–Crippen LogP) is 0.962. The van der Waals surface area contributed by atoms with Crippen LogP contribution in [-0.4, -0.2) is 22.6 Å². The standard InChI is InChI=1S/C12H18N2O2/c1-9(2)11(8-15)12(16)14-7-10-5-3-4-6-13-10/h3-6,9,11,15H,7-8H2,1-2H3,(H,14,16). The Bertz CT molecular complexity index is 325. The summed E-state index contributed by atoms with van der Waals surface area (Å²) in [6.07, 6.45) is 1.69. The predicted molar refractivity (Wildman–Crippen MR) is 61.5 cm³/mol. The molecule has 0 bridgehead atoms. The molecule has 1 amide bonds. The maximum atomic E-state index is 11.7. The van der Waals surface area contributed by atoms with Crippen molar-refractivity contribution in [2.75, 3.05) is 6.61 Å². The molecule has 1 aromatic rings. The maximum absolute atomic E-state index is 11.7. The Morgan fingerprint density at radius 3 is 2.75 bits per heavy atom. The van der Waals surface area contributed by atoms with Gasteiger partial charge < -0.3 is 10.4 Å². The number of aliphatic hydroxyl groups excluding tert-OH is 1. The molecule has 2 N–H and O–H groups in total. The first-order valence-electron chi connectivity index (χ1n) is 5.43. The first-order valence-corrected chi connectivity index (χ1v) is 5.43. The topological polar surface area (TPSA) is 62.2 Å². The van der Waals surface area contributed by atoms with Crippen molar-refractivity contribution >= 4 is 5.91 Å². The second kappa shape index (κ2) is 6.23. The van der Waals surface area contributed by atoms with Gasteiger partial charge in [-0.25, -0.2) is 0 Å². The number of aliphatic hydroxyl groups is 1. The second-order valence-corrected chi connectivity index (χ2v) is 4.07. The van der Waals surface area contributed by atoms with Crippen LogP contribution >= 0.6 is 0 Å². The number of nitrogens with one attached hydrogen (secondary N) is 1. The van der Waals surface area contributed by atoms with E-state index in [9.17, 15) is 4.79 Å². The zero-order valence-corrected chi connectivity index (χ0v) is 9.68. The van der Waals surface area contributed by atoms with Crippen LogP contribution in [0.25, 0.3) is 0 Å². The van der Waals surface area contributed by atoms with E-state index in [1.165, 1.54) is 0 Å². The van der Waals surface area contributed by atoms with Gasteiger partial charge in [-0.3, -0.25) is 9.78 Å². The van der Waals surface area contributed by atoms with Gasteiger partial charge in [-0.1, -0.05) is 19.9 Å². The number of hydrogen-bond acceptors (Lipinski definition) is 3. The number of nitrogens with zero attached hydrogens (tertiary/aromatic N) is 1. The monoisotopic (exact) mass is 222 g/mol. The summed E-state index contributed by atoms with van der Waals surface area (Å²) in [6, 6.07) is 5.56. The van der Waals surface area contributed by atoms with E-state index >= 15 is 0 Å². The molecule has 88 valence electrons. The van der Waals surface area contributed by atoms with Crippen LogP contribution in [0.5, 0.6) is 0 Å². The lowest BCUT2D eigenvalue weighted by molar-refractivity contribution is -0.127. The quantitative estimate of drug-likeness (QED) is 0.780. The van der Waals surface area contributed by atoms with Crippen LogP contribution in [0.15, 0.2) is 24.4 Å². The lowest BCUT2D eigenvalue weighted by Gasteiger charge is -2.17. The van der Waals surface area contributed by atoms with Crippen LogP contribution in [0.2, 0.25) is 0 Å². The molecule has 1 heterocycles. The summed E-state index contributed by atoms with van der Waals surface area (Å²) in [6.45, 7) is 4.12. The van der Waals surface area contributed by atoms with Crippen molar-refractivity contribution in [2.24, 2.45) is 11.8 Å². The number of rotatable bonds is 5. The summed E-state index contributed by atoms with van der Waals surface area (Å²) in [7, 11) is 0. The van der Waals surface area contributed by atoms with E-state index in [1.807, 2.05) is 32.0 Å². The number of carbonyl (C=O) groups excluding carboxylic acids is 1. The zero-order valence-electron chi connectivity index (χ0n) is 9.68. The number of pyridine rings is 1. The Balaban J connectivity index is 2.46. The third-order valence-electron chi connectivity index (χ3n) is 2.51. The highest BCUT2D eigenvalue weighted by atomic mass is 16.3. The molecule has 1 unspecified atom stereocenters. The van der Waals surface area contributed by atoms with Crippen LogP contribution in [0.4, 0.5) is 0 Å². The summed E-state index contributed by atoms with van der Waals surface area (Å²) in [5.74, 6) is -0.333. The summed E-state index contributed by atoms with van der Waals surface area (Å²) in [4.78, 5) is 15.8. The molecule has 0 aliphatic carbocycles. The van der Waals surface area contributed by atoms with E-state index in [4.69, 9.17) is 5.11 Å². The fourth-order valence-electron chi connectivity index (χ4n) is 1.41. The molecular weight excluding hydrogens is 204 g/mol. The van der Waals surface area contributed by atoms with E-state index in [0.717, 1.165) is 5.69 Å². The fourth-order valence-corrected chi connectivity index (χ4v) is 1.41. The summed E-state index contributed by atoms with van der Waals surface area (Å²) in [5, 5.41) is 11.9. The van der Waals surface area contributed by atoms with E-state index in [2.05, 4.69) is 10.3 Å². The lowest BCUT2D eigenvalue weighted by Crippen LogP contribution is -2.35. The minimum atomic E-state index is -0.344. The minimum absolute atomic E-state index is 0.119. The lowest BCUT2D eigenvalue weighted by atomic mass is 9.96. The Kier molecular flexibility index (Phi) is 4.92. The third kappa shape index (κ3) is 3.62. The fraction of sp³-hybridized carbons (Fsp3) is 0.500. The summed E-state index contributed by atoms with van der Waals surface area (Å²) < 4.78 is 0. The highest BCUT2D eigenvalue weighted by Gasteiger charge is 2.20. The van der Waals surface area contributed by atoms with Crippen molar-refractivity contribution in [3.8, 4) is 0 Å².